The Bertz CT molecular complexity index is 4140. The molecule has 4 aromatic heterocycles. The molecular formula is C70H79ClN8O8S5. The smallest absolute Gasteiger partial charge is 0.263 e. The normalized spacial score (nSPS) is 18.4. The first-order valence-electron chi connectivity index (χ1n) is 31.0. The van der Waals surface area contributed by atoms with E-state index in [2.05, 4.69) is 126 Å². The lowest BCUT2D eigenvalue weighted by Crippen LogP contribution is -2.29. The molecule has 0 unspecified atom stereocenters. The van der Waals surface area contributed by atoms with E-state index in [-0.39, 0.29) is 64.5 Å². The van der Waals surface area contributed by atoms with E-state index < -0.39 is 16.1 Å². The first-order valence-corrected chi connectivity index (χ1v) is 36.1. The molecule has 13 rings (SSSR count). The number of halogens is 1. The van der Waals surface area contributed by atoms with Crippen molar-refractivity contribution in [1.82, 2.24) is 40.4 Å². The van der Waals surface area contributed by atoms with Crippen LogP contribution in [0.15, 0.2) is 120 Å². The van der Waals surface area contributed by atoms with Gasteiger partial charge in [-0.25, -0.2) is 13.4 Å². The number of aliphatic hydroxyl groups excluding tert-OH is 1. The average molecular weight is 1360 g/mol. The number of hydrogen-bond acceptors (Lipinski definition) is 14. The molecule has 0 spiro atoms. The molecule has 5 N–H and O–H groups in total. The van der Waals surface area contributed by atoms with Gasteiger partial charge in [-0.05, 0) is 180 Å². The van der Waals surface area contributed by atoms with Gasteiger partial charge >= 0.3 is 0 Å². The highest BCUT2D eigenvalue weighted by Crippen LogP contribution is 2.37. The molecule has 0 saturated carbocycles. The molecule has 16 nitrogen and oxygen atoms in total. The predicted molar refractivity (Wildman–Crippen MR) is 368 cm³/mol. The maximum atomic E-state index is 12.6. The number of aryl methyl sites for hydroxylation is 8. The maximum Gasteiger partial charge on any atom is 0.263 e. The summed E-state index contributed by atoms with van der Waals surface area (Å²) in [7, 11) is 2.19. The molecule has 1 aliphatic heterocycles. The molecule has 4 aromatic carbocycles. The molecule has 8 aromatic rings. The fourth-order valence-corrected chi connectivity index (χ4v) is 18.0. The number of fused-ring (bicyclic) bond motifs is 4. The molecule has 0 bridgehead atoms. The van der Waals surface area contributed by atoms with Crippen molar-refractivity contribution in [3.8, 4) is 0 Å². The third kappa shape index (κ3) is 16.9. The Morgan fingerprint density at radius 2 is 0.913 bits per heavy atom. The Morgan fingerprint density at radius 3 is 1.27 bits per heavy atom. The van der Waals surface area contributed by atoms with Crippen LogP contribution in [0.25, 0.3) is 0 Å². The van der Waals surface area contributed by atoms with Crippen LogP contribution in [-0.4, -0.2) is 102 Å². The van der Waals surface area contributed by atoms with Gasteiger partial charge in [-0.15, -0.1) is 34.0 Å². The SMILES string of the molecule is CC(=O)N(C)Cc1ccc(C(=O)N[C@@H]2CCc3cc(C)ccc32)s1.Cc1ccc2c(c1)CC[C@H]2NC(=O)c1ccc(CN(C)C)s1.Cc1ccc2c(c1)CC[C@H]2NC(=O)c1ccc(S(=O)(=O)N2CC[C@@H](O)C2)s1.Cc1ccc2c(c1)CC[C@H]2NC(=O)c1cnc(Cl)s1. The minimum absolute atomic E-state index is 0.0206. The van der Waals surface area contributed by atoms with Gasteiger partial charge in [-0.1, -0.05) is 118 Å². The first-order chi connectivity index (χ1) is 43.9. The highest BCUT2D eigenvalue weighted by Gasteiger charge is 2.34. The van der Waals surface area contributed by atoms with Crippen molar-refractivity contribution >= 4 is 96.5 Å². The molecule has 5 aliphatic rings. The maximum absolute atomic E-state index is 12.6. The van der Waals surface area contributed by atoms with Crippen molar-refractivity contribution < 1.29 is 37.5 Å². The summed E-state index contributed by atoms with van der Waals surface area (Å²) in [5, 5.41) is 22.0. The number of amides is 5. The number of carbonyl (C=O) groups is 5. The Kier molecular flexibility index (Phi) is 22.2. The number of β-amino-alcohol motifs (C(OH)–C–C–N with tert-alkyl or cyclic N) is 1. The number of nitrogens with zero attached hydrogens (tertiary/aromatic N) is 4. The lowest BCUT2D eigenvalue weighted by molar-refractivity contribution is -0.128. The second-order valence-electron chi connectivity index (χ2n) is 24.6. The van der Waals surface area contributed by atoms with Crippen LogP contribution in [0.4, 0.5) is 0 Å². The number of aromatic nitrogens is 1. The van der Waals surface area contributed by atoms with Crippen LogP contribution < -0.4 is 21.3 Å². The molecule has 1 saturated heterocycles. The molecule has 1 fully saturated rings. The molecule has 0 radical (unpaired) electrons. The van der Waals surface area contributed by atoms with E-state index in [0.29, 0.717) is 38.6 Å². The van der Waals surface area contributed by atoms with E-state index in [0.717, 1.165) is 84.6 Å². The van der Waals surface area contributed by atoms with Crippen LogP contribution in [0.3, 0.4) is 0 Å². The van der Waals surface area contributed by atoms with Crippen molar-refractivity contribution in [1.29, 1.82) is 0 Å². The van der Waals surface area contributed by atoms with Crippen molar-refractivity contribution in [2.24, 2.45) is 0 Å². The van der Waals surface area contributed by atoms with Crippen molar-refractivity contribution in [3.05, 3.63) is 216 Å². The van der Waals surface area contributed by atoms with Gasteiger partial charge in [0.1, 0.15) is 9.09 Å². The zero-order valence-electron chi connectivity index (χ0n) is 53.1. The molecule has 5 amide bonds. The fourth-order valence-electron chi connectivity index (χ4n) is 12.3. The quantitative estimate of drug-likeness (QED) is 0.0695. The topological polar surface area (TPSA) is 210 Å². The average Bonchev–Trinajstić information content (AvgIpc) is 1.69. The summed E-state index contributed by atoms with van der Waals surface area (Å²) in [5.41, 5.74) is 15.2. The third-order valence-corrected chi connectivity index (χ3v) is 23.8. The van der Waals surface area contributed by atoms with Gasteiger partial charge in [0, 0.05) is 43.4 Å². The van der Waals surface area contributed by atoms with Crippen molar-refractivity contribution in [2.75, 3.05) is 34.2 Å². The van der Waals surface area contributed by atoms with Crippen LogP contribution in [0, 0.1) is 27.7 Å². The zero-order valence-corrected chi connectivity index (χ0v) is 57.9. The third-order valence-electron chi connectivity index (χ3n) is 17.1. The Morgan fingerprint density at radius 1 is 0.533 bits per heavy atom. The summed E-state index contributed by atoms with van der Waals surface area (Å²) < 4.78 is 27.1. The van der Waals surface area contributed by atoms with Crippen LogP contribution >= 0.6 is 56.9 Å². The fraction of sp³-hybridized carbons (Fsp3) is 0.371. The number of sulfonamides is 1. The van der Waals surface area contributed by atoms with Crippen molar-refractivity contribution in [2.45, 2.75) is 140 Å². The monoisotopic (exact) mass is 1350 g/mol. The minimum atomic E-state index is -3.65. The Hall–Kier alpha value is -6.92. The summed E-state index contributed by atoms with van der Waals surface area (Å²) in [6, 6.07) is 36.7. The molecule has 5 heterocycles. The second-order valence-corrected chi connectivity index (χ2v) is 31.8. The van der Waals surface area contributed by atoms with Crippen LogP contribution in [0.5, 0.6) is 0 Å². The van der Waals surface area contributed by atoms with Gasteiger partial charge in [0.25, 0.3) is 33.7 Å². The predicted octanol–water partition coefficient (Wildman–Crippen LogP) is 12.7. The number of thiazole rings is 1. The summed E-state index contributed by atoms with van der Waals surface area (Å²) in [6.07, 6.45) is 9.13. The molecule has 484 valence electrons. The van der Waals surface area contributed by atoms with E-state index in [1.165, 1.54) is 105 Å². The molecule has 4 aliphatic carbocycles. The zero-order chi connectivity index (χ0) is 65.5. The molecule has 92 heavy (non-hydrogen) atoms. The Balaban J connectivity index is 0.000000135. The summed E-state index contributed by atoms with van der Waals surface area (Å²) in [5.74, 6) is -0.306. The van der Waals surface area contributed by atoms with E-state index in [1.54, 1.807) is 36.3 Å². The lowest BCUT2D eigenvalue weighted by Gasteiger charge is -2.14. The van der Waals surface area contributed by atoms with Gasteiger partial charge in [0.2, 0.25) is 5.91 Å². The number of carbonyl (C=O) groups excluding carboxylic acids is 5. The second kappa shape index (κ2) is 30.0. The van der Waals surface area contributed by atoms with Crippen LogP contribution in [-0.2, 0) is 53.6 Å². The van der Waals surface area contributed by atoms with Gasteiger partial charge < -0.3 is 36.2 Å². The number of aliphatic hydroxyl groups is 1. The number of benzene rings is 4. The van der Waals surface area contributed by atoms with Crippen molar-refractivity contribution in [3.63, 3.8) is 0 Å². The van der Waals surface area contributed by atoms with Gasteiger partial charge in [0.05, 0.1) is 57.6 Å². The summed E-state index contributed by atoms with van der Waals surface area (Å²) >= 11 is 11.0. The largest absolute Gasteiger partial charge is 0.392 e. The van der Waals surface area contributed by atoms with Gasteiger partial charge in [-0.3, -0.25) is 24.0 Å². The van der Waals surface area contributed by atoms with E-state index >= 15 is 0 Å². The highest BCUT2D eigenvalue weighted by molar-refractivity contribution is 7.91. The molecular weight excluding hydrogens is 1280 g/mol. The highest BCUT2D eigenvalue weighted by atomic mass is 35.5. The summed E-state index contributed by atoms with van der Waals surface area (Å²) in [4.78, 5) is 73.4. The van der Waals surface area contributed by atoms with E-state index in [9.17, 15) is 37.5 Å². The van der Waals surface area contributed by atoms with Gasteiger partial charge in [-0.2, -0.15) is 4.31 Å². The van der Waals surface area contributed by atoms with Crippen LogP contribution in [0.1, 0.15) is 178 Å². The lowest BCUT2D eigenvalue weighted by atomic mass is 10.1. The number of rotatable bonds is 14. The molecule has 22 heteroatoms. The Labute approximate surface area is 560 Å². The number of hydrogen-bond donors (Lipinski definition) is 5. The standard InChI is InChI=1S/C19H22N2O4S2.C19H22N2O2S.C18H22N2OS.C14H13ClN2OS/c1-12-2-4-15-13(10-12)3-5-16(15)20-19(23)17-6-7-18(26-17)27(24,25)21-9-8-14(22)11-21;1-12-4-7-16-14(10-12)5-8-17(16)20-19(23)18-9-6-15(24-18)11-21(3)13(2)22;1-12-4-7-15-13(10-12)5-8-16(15)19-18(21)17-9-6-14(22-17)11-20(2)3;1-8-2-4-10-9(6-8)3-5-11(10)17-13(18)12-7-16-14(15)19-12/h2,4,6-7,10,14,16,22H,3,5,8-9,11H2,1H3,(H,20,23);4,6-7,9-10,17H,5,8,11H2,1-3H3,(H,20,23);4,6-7,9-10,16H,5,8,11H2,1-3H3,(H,19,21);2,4,6-7,11H,3,5H2,1H3,(H,17,18)/t14-,16-;17-;16-;11-/m1111/s1. The summed E-state index contributed by atoms with van der Waals surface area (Å²) in [6.45, 7) is 11.7. The number of thiophene rings is 3. The molecule has 5 atom stereocenters. The van der Waals surface area contributed by atoms with E-state index in [4.69, 9.17) is 11.6 Å². The van der Waals surface area contributed by atoms with E-state index in [1.807, 2.05) is 44.4 Å². The number of nitrogens with one attached hydrogen (secondary N) is 4. The minimum Gasteiger partial charge on any atom is -0.392 e. The first kappa shape index (κ1) is 68.0. The van der Waals surface area contributed by atoms with Gasteiger partial charge in [0.15, 0.2) is 4.47 Å². The van der Waals surface area contributed by atoms with Crippen LogP contribution in [0.2, 0.25) is 4.47 Å².